The summed E-state index contributed by atoms with van der Waals surface area (Å²) in [6.45, 7) is 0. The monoisotopic (exact) mass is 406 g/mol. The Morgan fingerprint density at radius 1 is 0.533 bits per heavy atom. The van der Waals surface area contributed by atoms with Gasteiger partial charge in [0.1, 0.15) is 12.2 Å². The molecular formula is C26H30O4. The summed E-state index contributed by atoms with van der Waals surface area (Å²) in [5.74, 6) is 0.976. The Morgan fingerprint density at radius 3 is 1.20 bits per heavy atom. The van der Waals surface area contributed by atoms with Crippen molar-refractivity contribution in [1.29, 1.82) is 0 Å². The predicted molar refractivity (Wildman–Crippen MR) is 115 cm³/mol. The van der Waals surface area contributed by atoms with Gasteiger partial charge in [-0.2, -0.15) is 0 Å². The van der Waals surface area contributed by atoms with Crippen LogP contribution in [0.4, 0.5) is 0 Å². The Balaban J connectivity index is 1.18. The smallest absolute Gasteiger partial charge is 0.338 e. The van der Waals surface area contributed by atoms with Gasteiger partial charge < -0.3 is 9.47 Å². The second-order valence-electron chi connectivity index (χ2n) is 8.62. The first kappa shape index (κ1) is 20.6. The third kappa shape index (κ3) is 5.29. The van der Waals surface area contributed by atoms with Crippen LogP contribution in [0.5, 0.6) is 0 Å². The molecule has 0 saturated heterocycles. The van der Waals surface area contributed by atoms with Crippen molar-refractivity contribution < 1.29 is 19.1 Å². The molecule has 0 N–H and O–H groups in total. The molecular weight excluding hydrogens is 376 g/mol. The molecule has 2 saturated carbocycles. The molecule has 2 aliphatic carbocycles. The summed E-state index contributed by atoms with van der Waals surface area (Å²) in [6, 6.07) is 18.5. The molecule has 4 rings (SSSR count). The fraction of sp³-hybridized carbons (Fsp3) is 0.462. The zero-order valence-corrected chi connectivity index (χ0v) is 17.4. The van der Waals surface area contributed by atoms with Crippen LogP contribution in [0.1, 0.15) is 72.1 Å². The van der Waals surface area contributed by atoms with E-state index in [1.54, 1.807) is 24.3 Å². The van der Waals surface area contributed by atoms with E-state index >= 15 is 0 Å². The van der Waals surface area contributed by atoms with Gasteiger partial charge in [0.15, 0.2) is 0 Å². The summed E-state index contributed by atoms with van der Waals surface area (Å²) in [5.41, 5.74) is 1.26. The highest BCUT2D eigenvalue weighted by molar-refractivity contribution is 5.89. The molecule has 4 heteroatoms. The van der Waals surface area contributed by atoms with Gasteiger partial charge in [-0.05, 0) is 87.5 Å². The van der Waals surface area contributed by atoms with Crippen LogP contribution in [0, 0.1) is 11.8 Å². The molecule has 0 atom stereocenters. The number of benzene rings is 2. The lowest BCUT2D eigenvalue weighted by Crippen LogP contribution is -2.32. The maximum Gasteiger partial charge on any atom is 0.338 e. The van der Waals surface area contributed by atoms with Crippen molar-refractivity contribution in [2.24, 2.45) is 11.8 Å². The zero-order valence-electron chi connectivity index (χ0n) is 17.4. The SMILES string of the molecule is O=C(OC1CCC(C2CCC(OC(=O)c3ccccc3)CC2)CC1)c1ccccc1. The molecule has 0 aliphatic heterocycles. The van der Waals surface area contributed by atoms with Crippen molar-refractivity contribution in [3.63, 3.8) is 0 Å². The first-order chi connectivity index (χ1) is 14.7. The Hall–Kier alpha value is -2.62. The van der Waals surface area contributed by atoms with E-state index in [4.69, 9.17) is 9.47 Å². The van der Waals surface area contributed by atoms with Gasteiger partial charge in [-0.1, -0.05) is 36.4 Å². The summed E-state index contributed by atoms with van der Waals surface area (Å²) in [7, 11) is 0. The molecule has 0 spiro atoms. The third-order valence-electron chi connectivity index (χ3n) is 6.67. The molecule has 0 radical (unpaired) electrons. The predicted octanol–water partition coefficient (Wildman–Crippen LogP) is 5.82. The van der Waals surface area contributed by atoms with Crippen molar-refractivity contribution in [2.45, 2.75) is 63.6 Å². The van der Waals surface area contributed by atoms with Crippen LogP contribution >= 0.6 is 0 Å². The first-order valence-corrected chi connectivity index (χ1v) is 11.2. The Bertz CT molecular complexity index is 745. The van der Waals surface area contributed by atoms with Gasteiger partial charge in [0.25, 0.3) is 0 Å². The van der Waals surface area contributed by atoms with Gasteiger partial charge in [-0.25, -0.2) is 9.59 Å². The van der Waals surface area contributed by atoms with Gasteiger partial charge >= 0.3 is 11.9 Å². The van der Waals surface area contributed by atoms with Crippen molar-refractivity contribution in [1.82, 2.24) is 0 Å². The highest BCUT2D eigenvalue weighted by Crippen LogP contribution is 2.39. The van der Waals surface area contributed by atoms with E-state index in [2.05, 4.69) is 0 Å². The highest BCUT2D eigenvalue weighted by Gasteiger charge is 2.33. The number of rotatable bonds is 5. The van der Waals surface area contributed by atoms with Gasteiger partial charge in [-0.3, -0.25) is 0 Å². The van der Waals surface area contributed by atoms with E-state index in [0.717, 1.165) is 51.4 Å². The molecule has 158 valence electrons. The number of esters is 2. The van der Waals surface area contributed by atoms with E-state index < -0.39 is 0 Å². The Morgan fingerprint density at radius 2 is 0.867 bits per heavy atom. The molecule has 30 heavy (non-hydrogen) atoms. The normalized spacial score (nSPS) is 26.5. The maximum absolute atomic E-state index is 12.3. The van der Waals surface area contributed by atoms with E-state index in [1.807, 2.05) is 36.4 Å². The van der Waals surface area contributed by atoms with Crippen LogP contribution < -0.4 is 0 Å². The number of hydrogen-bond acceptors (Lipinski definition) is 4. The van der Waals surface area contributed by atoms with Gasteiger partial charge in [0, 0.05) is 0 Å². The molecule has 2 aromatic carbocycles. The van der Waals surface area contributed by atoms with Crippen molar-refractivity contribution in [2.75, 3.05) is 0 Å². The molecule has 0 heterocycles. The lowest BCUT2D eigenvalue weighted by atomic mass is 9.72. The summed E-state index contributed by atoms with van der Waals surface area (Å²) in [6.07, 6.45) is 8.35. The van der Waals surface area contributed by atoms with E-state index in [1.165, 1.54) is 0 Å². The molecule has 0 amide bonds. The molecule has 0 aromatic heterocycles. The van der Waals surface area contributed by atoms with Crippen LogP contribution in [0.3, 0.4) is 0 Å². The highest BCUT2D eigenvalue weighted by atomic mass is 16.5. The van der Waals surface area contributed by atoms with Gasteiger partial charge in [0.2, 0.25) is 0 Å². The van der Waals surface area contributed by atoms with Crippen molar-refractivity contribution in [3.05, 3.63) is 71.8 Å². The van der Waals surface area contributed by atoms with Gasteiger partial charge in [-0.15, -0.1) is 0 Å². The molecule has 0 bridgehead atoms. The zero-order chi connectivity index (χ0) is 20.8. The maximum atomic E-state index is 12.3. The fourth-order valence-electron chi connectivity index (χ4n) is 4.94. The number of hydrogen-bond donors (Lipinski definition) is 0. The molecule has 2 fully saturated rings. The average Bonchev–Trinajstić information content (AvgIpc) is 2.81. The largest absolute Gasteiger partial charge is 0.459 e. The minimum Gasteiger partial charge on any atom is -0.459 e. The summed E-state index contributed by atoms with van der Waals surface area (Å²) >= 11 is 0. The standard InChI is InChI=1S/C26H30O4/c27-25(21-7-3-1-4-8-21)29-23-15-11-19(12-16-23)20-13-17-24(18-14-20)30-26(28)22-9-5-2-6-10-22/h1-10,19-20,23-24H,11-18H2. The molecule has 0 unspecified atom stereocenters. The minimum absolute atomic E-state index is 0.0390. The second-order valence-corrected chi connectivity index (χ2v) is 8.62. The number of carbonyl (C=O) groups is 2. The molecule has 2 aliphatic rings. The van der Waals surface area contributed by atoms with E-state index in [-0.39, 0.29) is 24.1 Å². The van der Waals surface area contributed by atoms with Crippen LogP contribution in [0.15, 0.2) is 60.7 Å². The summed E-state index contributed by atoms with van der Waals surface area (Å²) in [4.78, 5) is 24.5. The Kier molecular flexibility index (Phi) is 6.83. The van der Waals surface area contributed by atoms with Crippen LogP contribution in [0.25, 0.3) is 0 Å². The van der Waals surface area contributed by atoms with Gasteiger partial charge in [0.05, 0.1) is 11.1 Å². The van der Waals surface area contributed by atoms with Crippen LogP contribution in [-0.2, 0) is 9.47 Å². The topological polar surface area (TPSA) is 52.6 Å². The molecule has 2 aromatic rings. The van der Waals surface area contributed by atoms with E-state index in [9.17, 15) is 9.59 Å². The fourth-order valence-corrected chi connectivity index (χ4v) is 4.94. The van der Waals surface area contributed by atoms with E-state index in [0.29, 0.717) is 23.0 Å². The number of carbonyl (C=O) groups excluding carboxylic acids is 2. The Labute approximate surface area is 178 Å². The first-order valence-electron chi connectivity index (χ1n) is 11.2. The second kappa shape index (κ2) is 9.92. The third-order valence-corrected chi connectivity index (χ3v) is 6.67. The van der Waals surface area contributed by atoms with Crippen LogP contribution in [0.2, 0.25) is 0 Å². The average molecular weight is 407 g/mol. The molecule has 4 nitrogen and oxygen atoms in total. The minimum atomic E-state index is -0.209. The van der Waals surface area contributed by atoms with Crippen molar-refractivity contribution in [3.8, 4) is 0 Å². The lowest BCUT2D eigenvalue weighted by Gasteiger charge is -2.37. The summed E-state index contributed by atoms with van der Waals surface area (Å²) in [5, 5.41) is 0. The van der Waals surface area contributed by atoms with Crippen molar-refractivity contribution >= 4 is 11.9 Å². The lowest BCUT2D eigenvalue weighted by molar-refractivity contribution is -0.000148. The summed E-state index contributed by atoms with van der Waals surface area (Å²) < 4.78 is 11.4. The van der Waals surface area contributed by atoms with Crippen LogP contribution in [-0.4, -0.2) is 24.1 Å². The number of ether oxygens (including phenoxy) is 2. The quantitative estimate of drug-likeness (QED) is 0.587.